The van der Waals surface area contributed by atoms with Crippen LogP contribution in [0, 0.1) is 24.7 Å². The molecular formula is C22H26N2O3S. The number of sulfonamides is 1. The molecule has 0 saturated heterocycles. The quantitative estimate of drug-likeness (QED) is 0.684. The van der Waals surface area contributed by atoms with Crippen LogP contribution in [0.5, 0.6) is 0 Å². The standard InChI is InChI=1S/C22H26N2O3S/c1-15-2-12-20(13-3-15)28(26,27)24-19-10-8-18(9-11-19)23-22(25)14-21(16-4-5-16)17-6-7-17/h2-3,8-13,16-17,21,24H,4-7,14H2,1H3,(H,23,25). The Morgan fingerprint density at radius 3 is 2.00 bits per heavy atom. The molecule has 1 amide bonds. The molecule has 4 rings (SSSR count). The van der Waals surface area contributed by atoms with Crippen LogP contribution in [0.15, 0.2) is 53.4 Å². The van der Waals surface area contributed by atoms with Crippen molar-refractivity contribution >= 4 is 27.3 Å². The van der Waals surface area contributed by atoms with Crippen LogP contribution in [-0.4, -0.2) is 14.3 Å². The van der Waals surface area contributed by atoms with Crippen LogP contribution in [0.4, 0.5) is 11.4 Å². The highest BCUT2D eigenvalue weighted by Gasteiger charge is 2.42. The Labute approximate surface area is 166 Å². The van der Waals surface area contributed by atoms with E-state index in [1.807, 2.05) is 6.92 Å². The number of carbonyl (C=O) groups excluding carboxylic acids is 1. The molecule has 2 fully saturated rings. The summed E-state index contributed by atoms with van der Waals surface area (Å²) in [4.78, 5) is 12.6. The molecule has 0 radical (unpaired) electrons. The highest BCUT2D eigenvalue weighted by Crippen LogP contribution is 2.50. The molecule has 0 heterocycles. The van der Waals surface area contributed by atoms with Crippen molar-refractivity contribution in [2.24, 2.45) is 17.8 Å². The second-order valence-corrected chi connectivity index (χ2v) is 9.77. The Bertz CT molecular complexity index is 932. The van der Waals surface area contributed by atoms with Crippen molar-refractivity contribution in [3.8, 4) is 0 Å². The summed E-state index contributed by atoms with van der Waals surface area (Å²) in [5.41, 5.74) is 2.16. The van der Waals surface area contributed by atoms with Gasteiger partial charge in [0.05, 0.1) is 4.90 Å². The molecule has 0 aliphatic heterocycles. The molecule has 2 aromatic rings. The maximum atomic E-state index is 12.5. The summed E-state index contributed by atoms with van der Waals surface area (Å²) in [7, 11) is -3.62. The van der Waals surface area contributed by atoms with Gasteiger partial charge in [0, 0.05) is 17.8 Å². The van der Waals surface area contributed by atoms with Gasteiger partial charge in [-0.1, -0.05) is 17.7 Å². The van der Waals surface area contributed by atoms with E-state index in [-0.39, 0.29) is 10.8 Å². The number of anilines is 2. The summed E-state index contributed by atoms with van der Waals surface area (Å²) in [6.07, 6.45) is 5.67. The lowest BCUT2D eigenvalue weighted by atomic mass is 9.94. The van der Waals surface area contributed by atoms with Crippen LogP contribution in [0.1, 0.15) is 37.7 Å². The summed E-state index contributed by atoms with van der Waals surface area (Å²) < 4.78 is 27.5. The molecule has 2 aromatic carbocycles. The van der Waals surface area contributed by atoms with Crippen LogP contribution in [0.25, 0.3) is 0 Å². The minimum atomic E-state index is -3.62. The Morgan fingerprint density at radius 2 is 1.46 bits per heavy atom. The largest absolute Gasteiger partial charge is 0.326 e. The van der Waals surface area contributed by atoms with Gasteiger partial charge >= 0.3 is 0 Å². The summed E-state index contributed by atoms with van der Waals surface area (Å²) in [5.74, 6) is 2.09. The van der Waals surface area contributed by atoms with Crippen LogP contribution in [0.3, 0.4) is 0 Å². The minimum Gasteiger partial charge on any atom is -0.326 e. The molecular weight excluding hydrogens is 372 g/mol. The first-order valence-electron chi connectivity index (χ1n) is 9.90. The lowest BCUT2D eigenvalue weighted by molar-refractivity contribution is -0.117. The summed E-state index contributed by atoms with van der Waals surface area (Å²) >= 11 is 0. The van der Waals surface area contributed by atoms with Crippen molar-refractivity contribution < 1.29 is 13.2 Å². The number of amides is 1. The van der Waals surface area contributed by atoms with Gasteiger partial charge in [-0.15, -0.1) is 0 Å². The van der Waals surface area contributed by atoms with Gasteiger partial charge in [0.1, 0.15) is 0 Å². The lowest BCUT2D eigenvalue weighted by Crippen LogP contribution is -2.19. The van der Waals surface area contributed by atoms with Crippen molar-refractivity contribution in [2.75, 3.05) is 10.0 Å². The van der Waals surface area contributed by atoms with E-state index in [0.717, 1.165) is 17.4 Å². The normalized spacial score (nSPS) is 16.8. The fraction of sp³-hybridized carbons (Fsp3) is 0.409. The fourth-order valence-corrected chi connectivity index (χ4v) is 4.80. The van der Waals surface area contributed by atoms with Crippen molar-refractivity contribution in [1.82, 2.24) is 0 Å². The van der Waals surface area contributed by atoms with Gasteiger partial charge in [0.25, 0.3) is 10.0 Å². The first kappa shape index (κ1) is 19.0. The zero-order chi connectivity index (χ0) is 19.7. The maximum Gasteiger partial charge on any atom is 0.261 e. The molecule has 0 aromatic heterocycles. The predicted octanol–water partition coefficient (Wildman–Crippen LogP) is 4.56. The molecule has 2 saturated carbocycles. The highest BCUT2D eigenvalue weighted by atomic mass is 32.2. The van der Waals surface area contributed by atoms with Crippen molar-refractivity contribution in [3.63, 3.8) is 0 Å². The van der Waals surface area contributed by atoms with Gasteiger partial charge in [0.15, 0.2) is 0 Å². The third kappa shape index (κ3) is 4.73. The van der Waals surface area contributed by atoms with E-state index in [1.165, 1.54) is 25.7 Å². The Kier molecular flexibility index (Phi) is 5.15. The Hall–Kier alpha value is -2.34. The van der Waals surface area contributed by atoms with Crippen molar-refractivity contribution in [1.29, 1.82) is 0 Å². The SMILES string of the molecule is Cc1ccc(S(=O)(=O)Nc2ccc(NC(=O)CC(C3CC3)C3CC3)cc2)cc1. The Morgan fingerprint density at radius 1 is 0.929 bits per heavy atom. The second kappa shape index (κ2) is 7.59. The third-order valence-electron chi connectivity index (χ3n) is 5.63. The number of benzene rings is 2. The molecule has 28 heavy (non-hydrogen) atoms. The van der Waals surface area contributed by atoms with Crippen molar-refractivity contribution in [3.05, 3.63) is 54.1 Å². The van der Waals surface area contributed by atoms with Gasteiger partial charge in [-0.05, 0) is 86.8 Å². The average molecular weight is 399 g/mol. The van der Waals surface area contributed by atoms with E-state index < -0.39 is 10.0 Å². The molecule has 6 heteroatoms. The van der Waals surface area contributed by atoms with E-state index in [4.69, 9.17) is 0 Å². The monoisotopic (exact) mass is 398 g/mol. The van der Waals surface area contributed by atoms with E-state index in [0.29, 0.717) is 23.7 Å². The first-order valence-corrected chi connectivity index (χ1v) is 11.4. The average Bonchev–Trinajstić information content (AvgIpc) is 3.55. The summed E-state index contributed by atoms with van der Waals surface area (Å²) in [6.45, 7) is 1.91. The zero-order valence-electron chi connectivity index (χ0n) is 16.0. The van der Waals surface area contributed by atoms with Crippen LogP contribution < -0.4 is 10.0 Å². The van der Waals surface area contributed by atoms with Gasteiger partial charge in [-0.3, -0.25) is 9.52 Å². The molecule has 2 aliphatic carbocycles. The van der Waals surface area contributed by atoms with E-state index >= 15 is 0 Å². The van der Waals surface area contributed by atoms with Gasteiger partial charge < -0.3 is 5.32 Å². The molecule has 0 bridgehead atoms. The maximum absolute atomic E-state index is 12.5. The van der Waals surface area contributed by atoms with Crippen molar-refractivity contribution in [2.45, 2.75) is 43.9 Å². The van der Waals surface area contributed by atoms with E-state index in [9.17, 15) is 13.2 Å². The number of nitrogens with one attached hydrogen (secondary N) is 2. The number of hydrogen-bond acceptors (Lipinski definition) is 3. The Balaban J connectivity index is 1.35. The molecule has 0 unspecified atom stereocenters. The number of aryl methyl sites for hydroxylation is 1. The molecule has 0 spiro atoms. The summed E-state index contributed by atoms with van der Waals surface area (Å²) in [6, 6.07) is 13.5. The van der Waals surface area contributed by atoms with E-state index in [2.05, 4.69) is 10.0 Å². The fourth-order valence-electron chi connectivity index (χ4n) is 3.75. The molecule has 5 nitrogen and oxygen atoms in total. The zero-order valence-corrected chi connectivity index (χ0v) is 16.8. The number of rotatable bonds is 8. The minimum absolute atomic E-state index is 0.0526. The lowest BCUT2D eigenvalue weighted by Gasteiger charge is -2.15. The second-order valence-electron chi connectivity index (χ2n) is 8.09. The molecule has 2 aliphatic rings. The smallest absolute Gasteiger partial charge is 0.261 e. The first-order chi connectivity index (χ1) is 13.4. The number of hydrogen-bond donors (Lipinski definition) is 2. The molecule has 2 N–H and O–H groups in total. The topological polar surface area (TPSA) is 75.3 Å². The highest BCUT2D eigenvalue weighted by molar-refractivity contribution is 7.92. The molecule has 0 atom stereocenters. The van der Waals surface area contributed by atoms with E-state index in [1.54, 1.807) is 48.5 Å². The van der Waals surface area contributed by atoms with Crippen LogP contribution in [0.2, 0.25) is 0 Å². The third-order valence-corrected chi connectivity index (χ3v) is 7.03. The molecule has 148 valence electrons. The van der Waals surface area contributed by atoms with Gasteiger partial charge in [-0.2, -0.15) is 0 Å². The van der Waals surface area contributed by atoms with Crippen LogP contribution in [-0.2, 0) is 14.8 Å². The van der Waals surface area contributed by atoms with Gasteiger partial charge in [-0.25, -0.2) is 8.42 Å². The predicted molar refractivity (Wildman–Crippen MR) is 111 cm³/mol. The van der Waals surface area contributed by atoms with Gasteiger partial charge in [0.2, 0.25) is 5.91 Å². The van der Waals surface area contributed by atoms with Crippen LogP contribution >= 0.6 is 0 Å². The number of carbonyl (C=O) groups is 1. The summed E-state index contributed by atoms with van der Waals surface area (Å²) in [5, 5.41) is 2.95.